The van der Waals surface area contributed by atoms with Crippen LogP contribution in [0.2, 0.25) is 0 Å². The van der Waals surface area contributed by atoms with Crippen LogP contribution in [0.25, 0.3) is 0 Å². The molecule has 1 aromatic carbocycles. The maximum Gasteiger partial charge on any atom is 0.307 e. The predicted octanol–water partition coefficient (Wildman–Crippen LogP) is 1.42. The van der Waals surface area contributed by atoms with Crippen molar-refractivity contribution >= 4 is 11.7 Å². The minimum atomic E-state index is -0.456. The molecule has 0 spiro atoms. The first-order chi connectivity index (χ1) is 8.52. The second kappa shape index (κ2) is 6.70. The third-order valence-electron chi connectivity index (χ3n) is 2.38. The van der Waals surface area contributed by atoms with Crippen molar-refractivity contribution in [2.24, 2.45) is 5.73 Å². The maximum absolute atomic E-state index is 11.2. The summed E-state index contributed by atoms with van der Waals surface area (Å²) in [5.41, 5.74) is 6.70. The molecule has 1 aromatic rings. The molecule has 0 heterocycles. The van der Waals surface area contributed by atoms with E-state index in [4.69, 9.17) is 10.5 Å². The van der Waals surface area contributed by atoms with E-state index in [-0.39, 0.29) is 24.1 Å². The number of hydrogen-bond acceptors (Lipinski definition) is 5. The van der Waals surface area contributed by atoms with Crippen molar-refractivity contribution in [1.29, 1.82) is 0 Å². The summed E-state index contributed by atoms with van der Waals surface area (Å²) in [6.07, 6.45) is 0.627. The Hall–Kier alpha value is -1.95. The first-order valence-electron chi connectivity index (χ1n) is 5.67. The number of esters is 1. The van der Waals surface area contributed by atoms with Crippen molar-refractivity contribution in [1.82, 2.24) is 0 Å². The van der Waals surface area contributed by atoms with E-state index in [2.05, 4.69) is 0 Å². The lowest BCUT2D eigenvalue weighted by Crippen LogP contribution is -2.27. The summed E-state index contributed by atoms with van der Waals surface area (Å²) < 4.78 is 4.79. The zero-order valence-electron chi connectivity index (χ0n) is 10.2. The number of ether oxygens (including phenoxy) is 1. The quantitative estimate of drug-likeness (QED) is 0.469. The molecule has 0 radical (unpaired) electrons. The van der Waals surface area contributed by atoms with Gasteiger partial charge >= 0.3 is 5.97 Å². The number of rotatable bonds is 6. The van der Waals surface area contributed by atoms with Crippen LogP contribution < -0.4 is 5.73 Å². The molecule has 0 aliphatic heterocycles. The molecule has 0 fully saturated rings. The number of hydrogen-bond donors (Lipinski definition) is 1. The molecule has 0 saturated heterocycles. The van der Waals surface area contributed by atoms with Gasteiger partial charge in [-0.25, -0.2) is 0 Å². The SMILES string of the molecule is CCOC(=O)C[C@H](N)Cc1ccc([N+](=O)[O-])cc1. The van der Waals surface area contributed by atoms with E-state index in [1.807, 2.05) is 0 Å². The Bertz CT molecular complexity index is 417. The zero-order valence-corrected chi connectivity index (χ0v) is 10.2. The Morgan fingerprint density at radius 2 is 2.06 bits per heavy atom. The summed E-state index contributed by atoms with van der Waals surface area (Å²) >= 11 is 0. The summed E-state index contributed by atoms with van der Waals surface area (Å²) in [5, 5.41) is 10.5. The third-order valence-corrected chi connectivity index (χ3v) is 2.38. The van der Waals surface area contributed by atoms with E-state index in [1.165, 1.54) is 12.1 Å². The van der Waals surface area contributed by atoms with Gasteiger partial charge in [0.15, 0.2) is 0 Å². The largest absolute Gasteiger partial charge is 0.466 e. The Kier molecular flexibility index (Phi) is 5.26. The van der Waals surface area contributed by atoms with Crippen molar-refractivity contribution < 1.29 is 14.5 Å². The van der Waals surface area contributed by atoms with Gasteiger partial charge in [-0.3, -0.25) is 14.9 Å². The van der Waals surface area contributed by atoms with Crippen LogP contribution in [0.1, 0.15) is 18.9 Å². The number of nitrogens with two attached hydrogens (primary N) is 1. The summed E-state index contributed by atoms with van der Waals surface area (Å²) in [7, 11) is 0. The minimum Gasteiger partial charge on any atom is -0.466 e. The van der Waals surface area contributed by atoms with Gasteiger partial charge in [-0.1, -0.05) is 12.1 Å². The van der Waals surface area contributed by atoms with Crippen LogP contribution in [-0.4, -0.2) is 23.5 Å². The molecule has 0 aliphatic rings. The fraction of sp³-hybridized carbons (Fsp3) is 0.417. The normalized spacial score (nSPS) is 11.9. The van der Waals surface area contributed by atoms with Gasteiger partial charge in [0.2, 0.25) is 0 Å². The first-order valence-corrected chi connectivity index (χ1v) is 5.67. The lowest BCUT2D eigenvalue weighted by molar-refractivity contribution is -0.384. The van der Waals surface area contributed by atoms with Crippen LogP contribution in [0, 0.1) is 10.1 Å². The molecular weight excluding hydrogens is 236 g/mol. The Morgan fingerprint density at radius 3 is 2.56 bits per heavy atom. The second-order valence-corrected chi connectivity index (χ2v) is 3.90. The van der Waals surface area contributed by atoms with E-state index in [1.54, 1.807) is 19.1 Å². The van der Waals surface area contributed by atoms with Gasteiger partial charge in [0.05, 0.1) is 18.0 Å². The molecule has 0 amide bonds. The molecule has 0 unspecified atom stereocenters. The molecule has 0 aliphatic carbocycles. The van der Waals surface area contributed by atoms with E-state index in [0.717, 1.165) is 5.56 Å². The molecule has 1 atom stereocenters. The summed E-state index contributed by atoms with van der Waals surface area (Å²) in [4.78, 5) is 21.2. The van der Waals surface area contributed by atoms with Gasteiger partial charge in [-0.05, 0) is 18.9 Å². The van der Waals surface area contributed by atoms with Crippen LogP contribution in [0.15, 0.2) is 24.3 Å². The van der Waals surface area contributed by atoms with Gasteiger partial charge in [0.25, 0.3) is 5.69 Å². The van der Waals surface area contributed by atoms with Gasteiger partial charge in [-0.15, -0.1) is 0 Å². The highest BCUT2D eigenvalue weighted by atomic mass is 16.6. The number of carbonyl (C=O) groups excluding carboxylic acids is 1. The highest BCUT2D eigenvalue weighted by Gasteiger charge is 2.12. The summed E-state index contributed by atoms with van der Waals surface area (Å²) in [6, 6.07) is 5.79. The summed E-state index contributed by atoms with van der Waals surface area (Å²) in [5.74, 6) is -0.327. The lowest BCUT2D eigenvalue weighted by Gasteiger charge is -2.10. The molecular formula is C12H16N2O4. The molecule has 18 heavy (non-hydrogen) atoms. The molecule has 98 valence electrons. The Labute approximate surface area is 105 Å². The minimum absolute atomic E-state index is 0.0396. The van der Waals surface area contributed by atoms with E-state index in [9.17, 15) is 14.9 Å². The van der Waals surface area contributed by atoms with E-state index < -0.39 is 4.92 Å². The summed E-state index contributed by atoms with van der Waals surface area (Å²) in [6.45, 7) is 2.07. The van der Waals surface area contributed by atoms with Gasteiger partial charge < -0.3 is 10.5 Å². The first kappa shape index (κ1) is 14.1. The van der Waals surface area contributed by atoms with Crippen molar-refractivity contribution in [2.75, 3.05) is 6.61 Å². The Morgan fingerprint density at radius 1 is 1.44 bits per heavy atom. The number of non-ortho nitro benzene ring substituents is 1. The van der Waals surface area contributed by atoms with E-state index in [0.29, 0.717) is 13.0 Å². The zero-order chi connectivity index (χ0) is 13.5. The molecule has 0 aromatic heterocycles. The highest BCUT2D eigenvalue weighted by Crippen LogP contribution is 2.13. The van der Waals surface area contributed by atoms with Crippen LogP contribution >= 0.6 is 0 Å². The lowest BCUT2D eigenvalue weighted by atomic mass is 10.0. The molecule has 2 N–H and O–H groups in total. The molecule has 1 rings (SSSR count). The topological polar surface area (TPSA) is 95.5 Å². The van der Waals surface area contributed by atoms with Crippen LogP contribution in [0.5, 0.6) is 0 Å². The monoisotopic (exact) mass is 252 g/mol. The van der Waals surface area contributed by atoms with Gasteiger partial charge in [0, 0.05) is 18.2 Å². The number of benzene rings is 1. The van der Waals surface area contributed by atoms with Gasteiger partial charge in [0.1, 0.15) is 0 Å². The number of carbonyl (C=O) groups is 1. The van der Waals surface area contributed by atoms with Gasteiger partial charge in [-0.2, -0.15) is 0 Å². The maximum atomic E-state index is 11.2. The van der Waals surface area contributed by atoms with Crippen LogP contribution in [0.3, 0.4) is 0 Å². The molecule has 0 bridgehead atoms. The van der Waals surface area contributed by atoms with Crippen molar-refractivity contribution in [2.45, 2.75) is 25.8 Å². The number of nitrogens with zero attached hydrogens (tertiary/aromatic N) is 1. The number of nitro benzene ring substituents is 1. The average Bonchev–Trinajstić information content (AvgIpc) is 2.29. The van der Waals surface area contributed by atoms with E-state index >= 15 is 0 Å². The van der Waals surface area contributed by atoms with Crippen molar-refractivity contribution in [3.63, 3.8) is 0 Å². The van der Waals surface area contributed by atoms with Crippen LogP contribution in [-0.2, 0) is 16.0 Å². The predicted molar refractivity (Wildman–Crippen MR) is 66.0 cm³/mol. The second-order valence-electron chi connectivity index (χ2n) is 3.90. The molecule has 6 heteroatoms. The fourth-order valence-corrected chi connectivity index (χ4v) is 1.56. The Balaban J connectivity index is 2.51. The smallest absolute Gasteiger partial charge is 0.307 e. The number of nitro groups is 1. The van der Waals surface area contributed by atoms with Crippen molar-refractivity contribution in [3.8, 4) is 0 Å². The average molecular weight is 252 g/mol. The fourth-order valence-electron chi connectivity index (χ4n) is 1.56. The molecule has 0 saturated carbocycles. The van der Waals surface area contributed by atoms with Crippen molar-refractivity contribution in [3.05, 3.63) is 39.9 Å². The third kappa shape index (κ3) is 4.50. The molecule has 6 nitrogen and oxygen atoms in total. The standard InChI is InChI=1S/C12H16N2O4/c1-2-18-12(15)8-10(13)7-9-3-5-11(6-4-9)14(16)17/h3-6,10H,2,7-8,13H2,1H3/t10-/m1/s1. The highest BCUT2D eigenvalue weighted by molar-refractivity contribution is 5.70. The van der Waals surface area contributed by atoms with Crippen LogP contribution in [0.4, 0.5) is 5.69 Å².